The summed E-state index contributed by atoms with van der Waals surface area (Å²) in [5.41, 5.74) is 0.354. The standard InChI is InChI=1S/C12H14/c1-11-7-3-5-9-12(11,2)10-6-4-8-11/h3-10H,1-2H3. The van der Waals surface area contributed by atoms with Gasteiger partial charge in [-0.15, -0.1) is 0 Å². The summed E-state index contributed by atoms with van der Waals surface area (Å²) in [4.78, 5) is 0. The predicted molar refractivity (Wildman–Crippen MR) is 52.8 cm³/mol. The van der Waals surface area contributed by atoms with Crippen LogP contribution >= 0.6 is 0 Å². The van der Waals surface area contributed by atoms with Crippen molar-refractivity contribution in [1.29, 1.82) is 0 Å². The van der Waals surface area contributed by atoms with Gasteiger partial charge in [-0.2, -0.15) is 0 Å². The van der Waals surface area contributed by atoms with E-state index in [2.05, 4.69) is 62.5 Å². The highest BCUT2D eigenvalue weighted by molar-refractivity contribution is 5.37. The minimum Gasteiger partial charge on any atom is -0.0737 e. The van der Waals surface area contributed by atoms with E-state index in [0.717, 1.165) is 0 Å². The molecule has 0 heterocycles. The molecule has 0 aromatic carbocycles. The average Bonchev–Trinajstić information content (AvgIpc) is 2.05. The van der Waals surface area contributed by atoms with Gasteiger partial charge in [-0.1, -0.05) is 62.5 Å². The maximum atomic E-state index is 2.27. The number of hydrogen-bond donors (Lipinski definition) is 0. The molecule has 0 radical (unpaired) electrons. The van der Waals surface area contributed by atoms with Gasteiger partial charge in [0.1, 0.15) is 0 Å². The molecule has 62 valence electrons. The van der Waals surface area contributed by atoms with E-state index in [4.69, 9.17) is 0 Å². The molecule has 0 unspecified atom stereocenters. The Kier molecular flexibility index (Phi) is 1.41. The van der Waals surface area contributed by atoms with Crippen LogP contribution in [0.15, 0.2) is 48.6 Å². The molecule has 0 heteroatoms. The van der Waals surface area contributed by atoms with Crippen molar-refractivity contribution in [2.45, 2.75) is 13.8 Å². The van der Waals surface area contributed by atoms with Crippen LogP contribution in [-0.4, -0.2) is 0 Å². The van der Waals surface area contributed by atoms with E-state index in [1.165, 1.54) is 0 Å². The van der Waals surface area contributed by atoms with Crippen LogP contribution in [0, 0.1) is 10.8 Å². The zero-order chi connectivity index (χ0) is 8.66. The molecule has 0 amide bonds. The second-order valence-electron chi connectivity index (χ2n) is 4.00. The van der Waals surface area contributed by atoms with Crippen LogP contribution in [0.2, 0.25) is 0 Å². The second kappa shape index (κ2) is 2.22. The maximum absolute atomic E-state index is 2.27. The molecule has 0 nitrogen and oxygen atoms in total. The lowest BCUT2D eigenvalue weighted by molar-refractivity contribution is 0.308. The van der Waals surface area contributed by atoms with Crippen molar-refractivity contribution in [2.24, 2.45) is 10.8 Å². The third kappa shape index (κ3) is 0.842. The fourth-order valence-electron chi connectivity index (χ4n) is 1.85. The van der Waals surface area contributed by atoms with E-state index in [1.807, 2.05) is 0 Å². The predicted octanol–water partition coefficient (Wildman–Crippen LogP) is 3.25. The molecular weight excluding hydrogens is 144 g/mol. The summed E-state index contributed by atoms with van der Waals surface area (Å²) in [6, 6.07) is 0. The zero-order valence-electron chi connectivity index (χ0n) is 7.62. The quantitative estimate of drug-likeness (QED) is 0.507. The van der Waals surface area contributed by atoms with Gasteiger partial charge < -0.3 is 0 Å². The van der Waals surface area contributed by atoms with Gasteiger partial charge >= 0.3 is 0 Å². The Morgan fingerprint density at radius 3 is 1.08 bits per heavy atom. The average molecular weight is 158 g/mol. The number of fused-ring (bicyclic) bond motifs is 1. The molecule has 0 bridgehead atoms. The first-order valence-electron chi connectivity index (χ1n) is 4.40. The van der Waals surface area contributed by atoms with Crippen LogP contribution in [-0.2, 0) is 0 Å². The summed E-state index contributed by atoms with van der Waals surface area (Å²) in [5, 5.41) is 0. The van der Waals surface area contributed by atoms with Crippen LogP contribution in [0.5, 0.6) is 0 Å². The first kappa shape index (κ1) is 7.60. The highest BCUT2D eigenvalue weighted by Crippen LogP contribution is 2.47. The summed E-state index contributed by atoms with van der Waals surface area (Å²) in [7, 11) is 0. The van der Waals surface area contributed by atoms with Crippen molar-refractivity contribution >= 4 is 0 Å². The minimum absolute atomic E-state index is 0.177. The Morgan fingerprint density at radius 2 is 0.833 bits per heavy atom. The lowest BCUT2D eigenvalue weighted by atomic mass is 9.61. The Balaban J connectivity index is 2.52. The Hall–Kier alpha value is -1.04. The maximum Gasteiger partial charge on any atom is 0.0162 e. The highest BCUT2D eigenvalue weighted by atomic mass is 14.4. The van der Waals surface area contributed by atoms with E-state index in [-0.39, 0.29) is 10.8 Å². The van der Waals surface area contributed by atoms with Gasteiger partial charge in [0.15, 0.2) is 0 Å². The SMILES string of the molecule is CC12C=CC=CC1(C)C=CC=C2. The molecule has 0 N–H and O–H groups in total. The van der Waals surface area contributed by atoms with Crippen LogP contribution < -0.4 is 0 Å². The molecule has 2 aliphatic rings. The number of allylic oxidation sites excluding steroid dienone is 8. The zero-order valence-corrected chi connectivity index (χ0v) is 7.62. The third-order valence-corrected chi connectivity index (χ3v) is 3.15. The largest absolute Gasteiger partial charge is 0.0737 e. The molecule has 0 saturated heterocycles. The molecule has 0 saturated carbocycles. The van der Waals surface area contributed by atoms with E-state index in [1.54, 1.807) is 0 Å². The molecule has 0 aromatic rings. The van der Waals surface area contributed by atoms with Crippen molar-refractivity contribution in [2.75, 3.05) is 0 Å². The van der Waals surface area contributed by atoms with E-state index in [0.29, 0.717) is 0 Å². The van der Waals surface area contributed by atoms with Gasteiger partial charge in [0, 0.05) is 10.8 Å². The van der Waals surface area contributed by atoms with Crippen LogP contribution in [0.25, 0.3) is 0 Å². The topological polar surface area (TPSA) is 0 Å². The van der Waals surface area contributed by atoms with Gasteiger partial charge in [0.05, 0.1) is 0 Å². The van der Waals surface area contributed by atoms with Gasteiger partial charge in [-0.3, -0.25) is 0 Å². The minimum atomic E-state index is 0.177. The van der Waals surface area contributed by atoms with E-state index < -0.39 is 0 Å². The molecule has 0 aliphatic heterocycles. The first-order chi connectivity index (χ1) is 5.66. The summed E-state index contributed by atoms with van der Waals surface area (Å²) in [5.74, 6) is 0. The molecule has 0 atom stereocenters. The summed E-state index contributed by atoms with van der Waals surface area (Å²) in [6.45, 7) is 4.54. The van der Waals surface area contributed by atoms with E-state index in [9.17, 15) is 0 Å². The Labute approximate surface area is 74.0 Å². The van der Waals surface area contributed by atoms with Gasteiger partial charge in [0.2, 0.25) is 0 Å². The second-order valence-corrected chi connectivity index (χ2v) is 4.00. The van der Waals surface area contributed by atoms with Gasteiger partial charge in [0.25, 0.3) is 0 Å². The van der Waals surface area contributed by atoms with Gasteiger partial charge in [-0.05, 0) is 0 Å². The third-order valence-electron chi connectivity index (χ3n) is 3.15. The monoisotopic (exact) mass is 158 g/mol. The smallest absolute Gasteiger partial charge is 0.0162 e. The van der Waals surface area contributed by atoms with Crippen molar-refractivity contribution in [3.63, 3.8) is 0 Å². The molecule has 2 aliphatic carbocycles. The van der Waals surface area contributed by atoms with Crippen LogP contribution in [0.1, 0.15) is 13.8 Å². The highest BCUT2D eigenvalue weighted by Gasteiger charge is 2.38. The van der Waals surface area contributed by atoms with E-state index >= 15 is 0 Å². The molecule has 0 aromatic heterocycles. The summed E-state index contributed by atoms with van der Waals surface area (Å²) >= 11 is 0. The van der Waals surface area contributed by atoms with Crippen molar-refractivity contribution in [1.82, 2.24) is 0 Å². The molecule has 0 fully saturated rings. The first-order valence-corrected chi connectivity index (χ1v) is 4.40. The number of rotatable bonds is 0. The van der Waals surface area contributed by atoms with Crippen molar-refractivity contribution in [3.05, 3.63) is 48.6 Å². The Bertz CT molecular complexity index is 244. The fraction of sp³-hybridized carbons (Fsp3) is 0.333. The van der Waals surface area contributed by atoms with Crippen molar-refractivity contribution < 1.29 is 0 Å². The summed E-state index contributed by atoms with van der Waals surface area (Å²) in [6.07, 6.45) is 17.6. The lowest BCUT2D eigenvalue weighted by Crippen LogP contribution is -2.33. The van der Waals surface area contributed by atoms with Crippen LogP contribution in [0.3, 0.4) is 0 Å². The Morgan fingerprint density at radius 1 is 0.583 bits per heavy atom. The van der Waals surface area contributed by atoms with Gasteiger partial charge in [-0.25, -0.2) is 0 Å². The normalized spacial score (nSPS) is 43.2. The lowest BCUT2D eigenvalue weighted by Gasteiger charge is -2.42. The summed E-state index contributed by atoms with van der Waals surface area (Å²) < 4.78 is 0. The number of hydrogen-bond acceptors (Lipinski definition) is 0. The molecule has 2 rings (SSSR count). The fourth-order valence-corrected chi connectivity index (χ4v) is 1.85. The van der Waals surface area contributed by atoms with Crippen molar-refractivity contribution in [3.8, 4) is 0 Å². The molecular formula is C12H14. The van der Waals surface area contributed by atoms with Crippen LogP contribution in [0.4, 0.5) is 0 Å². The molecule has 12 heavy (non-hydrogen) atoms. The molecule has 0 spiro atoms.